The number of nitrogens with two attached hydrogens (primary N) is 1. The third kappa shape index (κ3) is 3.47. The standard InChI is InChI=1S/C14H23N3O/c1-5-10-14(2,15)13(18)16-11-8-6-7-9-12(11)17(3)4/h6-9H,5,10,15H2,1-4H3,(H,16,18). The molecule has 0 spiro atoms. The number of hydrogen-bond acceptors (Lipinski definition) is 3. The van der Waals surface area contributed by atoms with Gasteiger partial charge < -0.3 is 16.0 Å². The Kier molecular flexibility index (Phi) is 4.73. The minimum absolute atomic E-state index is 0.140. The zero-order chi connectivity index (χ0) is 13.8. The van der Waals surface area contributed by atoms with Gasteiger partial charge in [0.1, 0.15) is 0 Å². The van der Waals surface area contributed by atoms with Crippen LogP contribution < -0.4 is 16.0 Å². The van der Waals surface area contributed by atoms with E-state index in [1.54, 1.807) is 6.92 Å². The van der Waals surface area contributed by atoms with Crippen LogP contribution in [0.15, 0.2) is 24.3 Å². The summed E-state index contributed by atoms with van der Waals surface area (Å²) in [5.74, 6) is -0.140. The molecule has 0 aliphatic carbocycles. The predicted octanol–water partition coefficient (Wildman–Crippen LogP) is 2.21. The molecule has 4 heteroatoms. The van der Waals surface area contributed by atoms with Crippen molar-refractivity contribution < 1.29 is 4.79 Å². The van der Waals surface area contributed by atoms with Gasteiger partial charge in [0.05, 0.1) is 16.9 Å². The molecule has 3 N–H and O–H groups in total. The molecule has 0 aliphatic rings. The third-order valence-corrected chi connectivity index (χ3v) is 2.92. The summed E-state index contributed by atoms with van der Waals surface area (Å²) in [6, 6.07) is 7.69. The summed E-state index contributed by atoms with van der Waals surface area (Å²) < 4.78 is 0. The van der Waals surface area contributed by atoms with E-state index in [9.17, 15) is 4.79 Å². The second-order valence-electron chi connectivity index (χ2n) is 5.03. The van der Waals surface area contributed by atoms with Gasteiger partial charge in [-0.25, -0.2) is 0 Å². The van der Waals surface area contributed by atoms with Crippen molar-refractivity contribution in [1.29, 1.82) is 0 Å². The molecule has 18 heavy (non-hydrogen) atoms. The molecular weight excluding hydrogens is 226 g/mol. The van der Waals surface area contributed by atoms with Gasteiger partial charge in [0.2, 0.25) is 5.91 Å². The fourth-order valence-electron chi connectivity index (χ4n) is 1.87. The van der Waals surface area contributed by atoms with Gasteiger partial charge >= 0.3 is 0 Å². The zero-order valence-corrected chi connectivity index (χ0v) is 11.7. The largest absolute Gasteiger partial charge is 0.376 e. The number of anilines is 2. The summed E-state index contributed by atoms with van der Waals surface area (Å²) in [7, 11) is 3.89. The summed E-state index contributed by atoms with van der Waals surface area (Å²) in [5, 5.41) is 2.91. The zero-order valence-electron chi connectivity index (χ0n) is 11.7. The van der Waals surface area contributed by atoms with E-state index in [4.69, 9.17) is 5.73 Å². The molecule has 0 fully saturated rings. The Morgan fingerprint density at radius 1 is 1.39 bits per heavy atom. The Labute approximate surface area is 109 Å². The first kappa shape index (κ1) is 14.5. The van der Waals surface area contributed by atoms with Crippen LogP contribution in [-0.2, 0) is 4.79 Å². The van der Waals surface area contributed by atoms with E-state index < -0.39 is 5.54 Å². The van der Waals surface area contributed by atoms with Crippen LogP contribution in [0.5, 0.6) is 0 Å². The summed E-state index contributed by atoms with van der Waals surface area (Å²) in [5.41, 5.74) is 6.96. The number of para-hydroxylation sites is 2. The highest BCUT2D eigenvalue weighted by Crippen LogP contribution is 2.24. The fourth-order valence-corrected chi connectivity index (χ4v) is 1.87. The molecule has 1 aromatic rings. The van der Waals surface area contributed by atoms with Crippen LogP contribution in [0.4, 0.5) is 11.4 Å². The number of nitrogens with one attached hydrogen (secondary N) is 1. The number of amides is 1. The van der Waals surface area contributed by atoms with Crippen LogP contribution in [0.1, 0.15) is 26.7 Å². The molecule has 0 saturated heterocycles. The summed E-state index contributed by atoms with van der Waals surface area (Å²) >= 11 is 0. The van der Waals surface area contributed by atoms with Gasteiger partial charge in [0.25, 0.3) is 0 Å². The lowest BCUT2D eigenvalue weighted by atomic mass is 9.96. The second-order valence-corrected chi connectivity index (χ2v) is 5.03. The van der Waals surface area contributed by atoms with Gasteiger partial charge in [-0.15, -0.1) is 0 Å². The van der Waals surface area contributed by atoms with E-state index >= 15 is 0 Å². The minimum Gasteiger partial charge on any atom is -0.376 e. The molecule has 1 atom stereocenters. The fraction of sp³-hybridized carbons (Fsp3) is 0.500. The lowest BCUT2D eigenvalue weighted by molar-refractivity contribution is -0.120. The van der Waals surface area contributed by atoms with Gasteiger partial charge in [-0.05, 0) is 25.5 Å². The van der Waals surface area contributed by atoms with E-state index in [-0.39, 0.29) is 5.91 Å². The number of rotatable bonds is 5. The quantitative estimate of drug-likeness (QED) is 0.841. The number of hydrogen-bond donors (Lipinski definition) is 2. The number of carbonyl (C=O) groups excluding carboxylic acids is 1. The maximum atomic E-state index is 12.1. The van der Waals surface area contributed by atoms with Crippen LogP contribution in [0.25, 0.3) is 0 Å². The van der Waals surface area contributed by atoms with Crippen LogP contribution in [0.2, 0.25) is 0 Å². The maximum Gasteiger partial charge on any atom is 0.244 e. The molecule has 0 saturated carbocycles. The van der Waals surface area contributed by atoms with Gasteiger partial charge in [0, 0.05) is 14.1 Å². The normalized spacial score (nSPS) is 13.8. The van der Waals surface area contributed by atoms with Crippen molar-refractivity contribution in [3.63, 3.8) is 0 Å². The molecule has 0 heterocycles. The molecule has 100 valence electrons. The van der Waals surface area contributed by atoms with Gasteiger partial charge in [-0.2, -0.15) is 0 Å². The lowest BCUT2D eigenvalue weighted by Gasteiger charge is -2.25. The number of carbonyl (C=O) groups is 1. The van der Waals surface area contributed by atoms with Crippen LogP contribution in [0, 0.1) is 0 Å². The molecule has 1 unspecified atom stereocenters. The molecule has 4 nitrogen and oxygen atoms in total. The highest BCUT2D eigenvalue weighted by atomic mass is 16.2. The summed E-state index contributed by atoms with van der Waals surface area (Å²) in [6.07, 6.45) is 1.55. The topological polar surface area (TPSA) is 58.4 Å². The summed E-state index contributed by atoms with van der Waals surface area (Å²) in [6.45, 7) is 3.79. The minimum atomic E-state index is -0.825. The van der Waals surface area contributed by atoms with Gasteiger partial charge in [-0.1, -0.05) is 25.5 Å². The smallest absolute Gasteiger partial charge is 0.244 e. The molecule has 1 amide bonds. The van der Waals surface area contributed by atoms with E-state index in [1.807, 2.05) is 50.2 Å². The molecule has 0 radical (unpaired) electrons. The van der Waals surface area contributed by atoms with Crippen molar-refractivity contribution in [2.75, 3.05) is 24.3 Å². The first-order valence-corrected chi connectivity index (χ1v) is 6.25. The number of benzene rings is 1. The lowest BCUT2D eigenvalue weighted by Crippen LogP contribution is -2.48. The summed E-state index contributed by atoms with van der Waals surface area (Å²) in [4.78, 5) is 14.1. The first-order valence-electron chi connectivity index (χ1n) is 6.25. The van der Waals surface area contributed by atoms with E-state index in [2.05, 4.69) is 5.32 Å². The van der Waals surface area contributed by atoms with Crippen LogP contribution >= 0.6 is 0 Å². The van der Waals surface area contributed by atoms with Crippen molar-refractivity contribution >= 4 is 17.3 Å². The van der Waals surface area contributed by atoms with Crippen molar-refractivity contribution in [1.82, 2.24) is 0 Å². The highest BCUT2D eigenvalue weighted by Gasteiger charge is 2.27. The molecule has 0 aliphatic heterocycles. The molecule has 0 bridgehead atoms. The molecule has 1 aromatic carbocycles. The van der Waals surface area contributed by atoms with Crippen molar-refractivity contribution in [3.05, 3.63) is 24.3 Å². The van der Waals surface area contributed by atoms with Crippen molar-refractivity contribution in [3.8, 4) is 0 Å². The molecule has 0 aromatic heterocycles. The van der Waals surface area contributed by atoms with E-state index in [0.717, 1.165) is 17.8 Å². The van der Waals surface area contributed by atoms with Crippen LogP contribution in [0.3, 0.4) is 0 Å². The first-order chi connectivity index (χ1) is 8.38. The Bertz CT molecular complexity index is 413. The highest BCUT2D eigenvalue weighted by molar-refractivity contribution is 6.00. The van der Waals surface area contributed by atoms with Crippen molar-refractivity contribution in [2.45, 2.75) is 32.2 Å². The second kappa shape index (κ2) is 5.87. The maximum absolute atomic E-state index is 12.1. The van der Waals surface area contributed by atoms with Crippen LogP contribution in [-0.4, -0.2) is 25.5 Å². The Morgan fingerprint density at radius 2 is 2.00 bits per heavy atom. The van der Waals surface area contributed by atoms with Gasteiger partial charge in [0.15, 0.2) is 0 Å². The predicted molar refractivity (Wildman–Crippen MR) is 76.9 cm³/mol. The average molecular weight is 249 g/mol. The average Bonchev–Trinajstić information content (AvgIpc) is 2.29. The number of nitrogens with zero attached hydrogens (tertiary/aromatic N) is 1. The molecular formula is C14H23N3O. The van der Waals surface area contributed by atoms with E-state index in [0.29, 0.717) is 6.42 Å². The van der Waals surface area contributed by atoms with Crippen molar-refractivity contribution in [2.24, 2.45) is 5.73 Å². The monoisotopic (exact) mass is 249 g/mol. The van der Waals surface area contributed by atoms with E-state index in [1.165, 1.54) is 0 Å². The Hall–Kier alpha value is -1.55. The molecule has 1 rings (SSSR count). The Balaban J connectivity index is 2.88. The van der Waals surface area contributed by atoms with Gasteiger partial charge in [-0.3, -0.25) is 4.79 Å². The SMILES string of the molecule is CCCC(C)(N)C(=O)Nc1ccccc1N(C)C. The third-order valence-electron chi connectivity index (χ3n) is 2.92. The Morgan fingerprint density at radius 3 is 2.56 bits per heavy atom.